The first kappa shape index (κ1) is 24.1. The van der Waals surface area contributed by atoms with Gasteiger partial charge in [0.25, 0.3) is 5.91 Å². The van der Waals surface area contributed by atoms with Crippen LogP contribution in [-0.2, 0) is 14.8 Å². The summed E-state index contributed by atoms with van der Waals surface area (Å²) in [5.74, 6) is -0.880. The Balaban J connectivity index is 2.42. The maximum absolute atomic E-state index is 13.2. The van der Waals surface area contributed by atoms with Gasteiger partial charge in [0.05, 0.1) is 23.2 Å². The van der Waals surface area contributed by atoms with Crippen molar-refractivity contribution < 1.29 is 18.0 Å². The summed E-state index contributed by atoms with van der Waals surface area (Å²) in [5, 5.41) is 5.41. The number of benzene rings is 2. The fourth-order valence-electron chi connectivity index (χ4n) is 3.40. The number of hydrogen-bond acceptors (Lipinski definition) is 4. The van der Waals surface area contributed by atoms with E-state index in [0.717, 1.165) is 21.7 Å². The SMILES string of the molecule is C=CCNC(=O)c1ccccc1NC(=O)[C@@H](CC)N(c1cc(C)cc(C)c1)S(C)(=O)=O. The molecule has 2 N–H and O–H groups in total. The monoisotopic (exact) mass is 443 g/mol. The minimum absolute atomic E-state index is 0.247. The van der Waals surface area contributed by atoms with Gasteiger partial charge in [-0.2, -0.15) is 0 Å². The van der Waals surface area contributed by atoms with Crippen molar-refractivity contribution >= 4 is 33.2 Å². The van der Waals surface area contributed by atoms with E-state index in [1.165, 1.54) is 0 Å². The van der Waals surface area contributed by atoms with E-state index in [4.69, 9.17) is 0 Å². The van der Waals surface area contributed by atoms with E-state index in [1.807, 2.05) is 19.9 Å². The summed E-state index contributed by atoms with van der Waals surface area (Å²) >= 11 is 0. The number of carbonyl (C=O) groups excluding carboxylic acids is 2. The topological polar surface area (TPSA) is 95.6 Å². The van der Waals surface area contributed by atoms with Gasteiger partial charge >= 0.3 is 0 Å². The molecule has 2 amide bonds. The molecule has 0 aromatic heterocycles. The molecule has 2 rings (SSSR count). The van der Waals surface area contributed by atoms with Gasteiger partial charge in [-0.05, 0) is 55.7 Å². The van der Waals surface area contributed by atoms with Crippen LogP contribution >= 0.6 is 0 Å². The molecular weight excluding hydrogens is 414 g/mol. The summed E-state index contributed by atoms with van der Waals surface area (Å²) in [6.45, 7) is 9.34. The molecule has 0 aliphatic heterocycles. The largest absolute Gasteiger partial charge is 0.349 e. The molecule has 0 saturated heterocycles. The first-order valence-corrected chi connectivity index (χ1v) is 11.8. The minimum Gasteiger partial charge on any atom is -0.349 e. The van der Waals surface area contributed by atoms with Gasteiger partial charge in [0.2, 0.25) is 15.9 Å². The molecule has 1 atom stereocenters. The number of hydrogen-bond donors (Lipinski definition) is 2. The number of anilines is 2. The summed E-state index contributed by atoms with van der Waals surface area (Å²) in [6, 6.07) is 11.0. The predicted molar refractivity (Wildman–Crippen MR) is 125 cm³/mol. The van der Waals surface area contributed by atoms with E-state index in [2.05, 4.69) is 17.2 Å². The van der Waals surface area contributed by atoms with Crippen molar-refractivity contribution in [1.29, 1.82) is 0 Å². The average molecular weight is 444 g/mol. The lowest BCUT2D eigenvalue weighted by atomic mass is 10.1. The molecule has 0 unspecified atom stereocenters. The lowest BCUT2D eigenvalue weighted by molar-refractivity contribution is -0.117. The maximum Gasteiger partial charge on any atom is 0.253 e. The van der Waals surface area contributed by atoms with Crippen LogP contribution in [0.1, 0.15) is 34.8 Å². The molecule has 0 fully saturated rings. The molecule has 31 heavy (non-hydrogen) atoms. The second-order valence-electron chi connectivity index (χ2n) is 7.36. The molecule has 0 aliphatic rings. The number of sulfonamides is 1. The molecule has 0 bridgehead atoms. The smallest absolute Gasteiger partial charge is 0.253 e. The van der Waals surface area contributed by atoms with Crippen LogP contribution in [0.4, 0.5) is 11.4 Å². The van der Waals surface area contributed by atoms with E-state index < -0.39 is 22.0 Å². The highest BCUT2D eigenvalue weighted by atomic mass is 32.2. The Morgan fingerprint density at radius 1 is 1.13 bits per heavy atom. The number of amides is 2. The zero-order valence-corrected chi connectivity index (χ0v) is 19.1. The Labute approximate surface area is 184 Å². The molecule has 0 aliphatic carbocycles. The standard InChI is InChI=1S/C23H29N3O4S/c1-6-12-24-22(27)19-10-8-9-11-20(19)25-23(28)21(7-2)26(31(5,29)30)18-14-16(3)13-17(4)15-18/h6,8-11,13-15,21H,1,7,12H2,2-5H3,(H,24,27)(H,25,28)/t21-/m1/s1. The zero-order valence-electron chi connectivity index (χ0n) is 18.3. The van der Waals surface area contributed by atoms with Crippen molar-refractivity contribution in [3.63, 3.8) is 0 Å². The molecule has 7 nitrogen and oxygen atoms in total. The van der Waals surface area contributed by atoms with E-state index in [9.17, 15) is 18.0 Å². The van der Waals surface area contributed by atoms with Gasteiger partial charge in [-0.25, -0.2) is 8.42 Å². The van der Waals surface area contributed by atoms with Crippen LogP contribution < -0.4 is 14.9 Å². The Bertz CT molecular complexity index is 1060. The molecule has 0 saturated carbocycles. The molecule has 0 spiro atoms. The molecule has 0 heterocycles. The fourth-order valence-corrected chi connectivity index (χ4v) is 4.60. The van der Waals surface area contributed by atoms with Crippen LogP contribution in [0.2, 0.25) is 0 Å². The van der Waals surface area contributed by atoms with Gasteiger partial charge in [0.15, 0.2) is 0 Å². The minimum atomic E-state index is -3.76. The second kappa shape index (κ2) is 10.3. The number of nitrogens with one attached hydrogen (secondary N) is 2. The lowest BCUT2D eigenvalue weighted by Crippen LogP contribution is -2.47. The maximum atomic E-state index is 13.2. The van der Waals surface area contributed by atoms with Crippen LogP contribution in [-0.4, -0.2) is 39.1 Å². The van der Waals surface area contributed by atoms with E-state index in [0.29, 0.717) is 11.4 Å². The predicted octanol–water partition coefficient (Wildman–Crippen LogP) is 3.40. The normalized spacial score (nSPS) is 12.0. The van der Waals surface area contributed by atoms with Crippen molar-refractivity contribution in [3.05, 3.63) is 71.8 Å². The number of carbonyl (C=O) groups is 2. The number of para-hydroxylation sites is 1. The van der Waals surface area contributed by atoms with E-state index >= 15 is 0 Å². The quantitative estimate of drug-likeness (QED) is 0.581. The zero-order chi connectivity index (χ0) is 23.2. The highest BCUT2D eigenvalue weighted by Gasteiger charge is 2.32. The molecule has 0 radical (unpaired) electrons. The summed E-state index contributed by atoms with van der Waals surface area (Å²) in [7, 11) is -3.76. The fraction of sp³-hybridized carbons (Fsp3) is 0.304. The lowest BCUT2D eigenvalue weighted by Gasteiger charge is -2.30. The van der Waals surface area contributed by atoms with Gasteiger partial charge in [0.1, 0.15) is 6.04 Å². The molecule has 2 aromatic carbocycles. The van der Waals surface area contributed by atoms with Crippen molar-refractivity contribution in [1.82, 2.24) is 5.32 Å². The van der Waals surface area contributed by atoms with E-state index in [-0.39, 0.29) is 24.4 Å². The Morgan fingerprint density at radius 2 is 1.74 bits per heavy atom. The second-order valence-corrected chi connectivity index (χ2v) is 9.22. The van der Waals surface area contributed by atoms with Crippen molar-refractivity contribution in [2.45, 2.75) is 33.2 Å². The molecule has 166 valence electrons. The third kappa shape index (κ3) is 6.18. The van der Waals surface area contributed by atoms with E-state index in [1.54, 1.807) is 49.4 Å². The van der Waals surface area contributed by atoms with Gasteiger partial charge in [-0.1, -0.05) is 31.2 Å². The molecular formula is C23H29N3O4S. The third-order valence-electron chi connectivity index (χ3n) is 4.63. The Morgan fingerprint density at radius 3 is 2.29 bits per heavy atom. The summed E-state index contributed by atoms with van der Waals surface area (Å²) in [5.41, 5.74) is 2.80. The number of aryl methyl sites for hydroxylation is 2. The van der Waals surface area contributed by atoms with Gasteiger partial charge in [0, 0.05) is 6.54 Å². The van der Waals surface area contributed by atoms with Crippen LogP contribution in [0.25, 0.3) is 0 Å². The molecule has 2 aromatic rings. The number of rotatable bonds is 9. The Hall–Kier alpha value is -3.13. The summed E-state index contributed by atoms with van der Waals surface area (Å²) in [4.78, 5) is 25.6. The summed E-state index contributed by atoms with van der Waals surface area (Å²) in [6.07, 6.45) is 2.88. The summed E-state index contributed by atoms with van der Waals surface area (Å²) < 4.78 is 26.5. The van der Waals surface area contributed by atoms with Crippen LogP contribution in [0.5, 0.6) is 0 Å². The molecule has 8 heteroatoms. The number of nitrogens with zero attached hydrogens (tertiary/aromatic N) is 1. The average Bonchev–Trinajstić information content (AvgIpc) is 2.68. The van der Waals surface area contributed by atoms with Gasteiger partial charge < -0.3 is 10.6 Å². The first-order chi connectivity index (χ1) is 14.6. The Kier molecular flexibility index (Phi) is 7.99. The first-order valence-electron chi connectivity index (χ1n) is 9.95. The van der Waals surface area contributed by atoms with Gasteiger partial charge in [-0.15, -0.1) is 6.58 Å². The van der Waals surface area contributed by atoms with Crippen molar-refractivity contribution in [2.75, 3.05) is 22.4 Å². The third-order valence-corrected chi connectivity index (χ3v) is 5.81. The van der Waals surface area contributed by atoms with Crippen molar-refractivity contribution in [3.8, 4) is 0 Å². The van der Waals surface area contributed by atoms with Gasteiger partial charge in [-0.3, -0.25) is 13.9 Å². The van der Waals surface area contributed by atoms with Crippen LogP contribution in [0.3, 0.4) is 0 Å². The van der Waals surface area contributed by atoms with Crippen molar-refractivity contribution in [2.24, 2.45) is 0 Å². The highest BCUT2D eigenvalue weighted by Crippen LogP contribution is 2.26. The highest BCUT2D eigenvalue weighted by molar-refractivity contribution is 7.92. The van der Waals surface area contributed by atoms with Crippen LogP contribution in [0, 0.1) is 13.8 Å². The van der Waals surface area contributed by atoms with Crippen LogP contribution in [0.15, 0.2) is 55.1 Å².